The van der Waals surface area contributed by atoms with Gasteiger partial charge in [0.25, 0.3) is 0 Å². The van der Waals surface area contributed by atoms with Crippen LogP contribution in [-0.4, -0.2) is 5.78 Å². The van der Waals surface area contributed by atoms with E-state index < -0.39 is 0 Å². The lowest BCUT2D eigenvalue weighted by atomic mass is 9.85. The fraction of sp³-hybridized carbons (Fsp3) is 0.900. The zero-order chi connectivity index (χ0) is 7.47. The van der Waals surface area contributed by atoms with Gasteiger partial charge in [0.15, 0.2) is 0 Å². The van der Waals surface area contributed by atoms with E-state index in [4.69, 9.17) is 0 Å². The first kappa shape index (κ1) is 6.22. The van der Waals surface area contributed by atoms with Gasteiger partial charge in [-0.25, -0.2) is 0 Å². The number of rotatable bonds is 0. The highest BCUT2D eigenvalue weighted by Gasteiger charge is 2.69. The average molecular weight is 150 g/mol. The maximum atomic E-state index is 11.4. The maximum absolute atomic E-state index is 11.4. The van der Waals surface area contributed by atoms with Gasteiger partial charge in [-0.05, 0) is 37.0 Å². The van der Waals surface area contributed by atoms with E-state index in [0.717, 1.165) is 12.3 Å². The second kappa shape index (κ2) is 1.70. The highest BCUT2D eigenvalue weighted by Crippen LogP contribution is 2.72. The van der Waals surface area contributed by atoms with Gasteiger partial charge in [0.05, 0.1) is 0 Å². The number of ketones is 1. The molecule has 1 nitrogen and oxygen atoms in total. The molecule has 0 aromatic carbocycles. The molecule has 1 heteroatoms. The molecule has 11 heavy (non-hydrogen) atoms. The van der Waals surface area contributed by atoms with Gasteiger partial charge in [-0.3, -0.25) is 4.79 Å². The molecule has 0 bridgehead atoms. The van der Waals surface area contributed by atoms with E-state index in [1.807, 2.05) is 0 Å². The van der Waals surface area contributed by atoms with Crippen LogP contribution in [0.25, 0.3) is 0 Å². The molecule has 3 rings (SSSR count). The Kier molecular flexibility index (Phi) is 0.961. The van der Waals surface area contributed by atoms with Crippen molar-refractivity contribution < 1.29 is 4.79 Å². The van der Waals surface area contributed by atoms with E-state index in [1.165, 1.54) is 32.1 Å². The van der Waals surface area contributed by atoms with E-state index in [1.54, 1.807) is 0 Å². The molecule has 3 atom stereocenters. The second-order valence-electron chi connectivity index (χ2n) is 4.53. The SMILES string of the molecule is O=C1CCCC23CCCC2C13. The average Bonchev–Trinajstić information content (AvgIpc) is 2.48. The summed E-state index contributed by atoms with van der Waals surface area (Å²) in [6.07, 6.45) is 7.57. The van der Waals surface area contributed by atoms with Crippen molar-refractivity contribution in [3.63, 3.8) is 0 Å². The van der Waals surface area contributed by atoms with Crippen LogP contribution >= 0.6 is 0 Å². The van der Waals surface area contributed by atoms with Crippen LogP contribution in [-0.2, 0) is 4.79 Å². The molecule has 0 radical (unpaired) electrons. The van der Waals surface area contributed by atoms with Crippen molar-refractivity contribution in [1.29, 1.82) is 0 Å². The fourth-order valence-electron chi connectivity index (χ4n) is 3.78. The molecule has 0 N–H and O–H groups in total. The zero-order valence-corrected chi connectivity index (χ0v) is 6.81. The van der Waals surface area contributed by atoms with Gasteiger partial charge in [0.2, 0.25) is 0 Å². The molecule has 0 aromatic rings. The minimum atomic E-state index is 0.546. The van der Waals surface area contributed by atoms with Crippen molar-refractivity contribution in [2.24, 2.45) is 17.3 Å². The van der Waals surface area contributed by atoms with Gasteiger partial charge < -0.3 is 0 Å². The lowest BCUT2D eigenvalue weighted by Gasteiger charge is -2.18. The third-order valence-corrected chi connectivity index (χ3v) is 4.22. The molecule has 60 valence electrons. The molecule has 3 unspecified atom stereocenters. The molecule has 0 saturated heterocycles. The standard InChI is InChI=1S/C10H14O/c11-8-4-2-6-10-5-1-3-7(10)9(8)10/h7,9H,1-6H2. The summed E-state index contributed by atoms with van der Waals surface area (Å²) in [6.45, 7) is 0. The molecule has 0 amide bonds. The molecule has 3 aliphatic rings. The van der Waals surface area contributed by atoms with Crippen LogP contribution in [0.2, 0.25) is 0 Å². The lowest BCUT2D eigenvalue weighted by molar-refractivity contribution is -0.122. The van der Waals surface area contributed by atoms with Crippen LogP contribution in [0.1, 0.15) is 38.5 Å². The molecule has 3 saturated carbocycles. The molecule has 3 aliphatic carbocycles. The van der Waals surface area contributed by atoms with E-state index >= 15 is 0 Å². The van der Waals surface area contributed by atoms with Gasteiger partial charge in [-0.2, -0.15) is 0 Å². The molecular formula is C10H14O. The number of fused-ring (bicyclic) bond motifs is 1. The van der Waals surface area contributed by atoms with Crippen LogP contribution in [0.15, 0.2) is 0 Å². The number of hydrogen-bond donors (Lipinski definition) is 0. The normalized spacial score (nSPS) is 53.6. The summed E-state index contributed by atoms with van der Waals surface area (Å²) in [4.78, 5) is 11.4. The van der Waals surface area contributed by atoms with Crippen LogP contribution in [0.5, 0.6) is 0 Å². The molecule has 0 aliphatic heterocycles. The molecule has 0 aromatic heterocycles. The summed E-state index contributed by atoms with van der Waals surface area (Å²) in [7, 11) is 0. The first-order chi connectivity index (χ1) is 5.34. The third-order valence-electron chi connectivity index (χ3n) is 4.22. The summed E-state index contributed by atoms with van der Waals surface area (Å²) >= 11 is 0. The summed E-state index contributed by atoms with van der Waals surface area (Å²) in [5.41, 5.74) is 0.579. The quantitative estimate of drug-likeness (QED) is 0.517. The number of carbonyl (C=O) groups is 1. The van der Waals surface area contributed by atoms with Gasteiger partial charge >= 0.3 is 0 Å². The summed E-state index contributed by atoms with van der Waals surface area (Å²) in [5.74, 6) is 1.99. The Labute approximate surface area is 67.2 Å². The molecule has 0 heterocycles. The van der Waals surface area contributed by atoms with E-state index in [0.29, 0.717) is 17.1 Å². The largest absolute Gasteiger partial charge is 0.299 e. The highest BCUT2D eigenvalue weighted by molar-refractivity contribution is 5.86. The fourth-order valence-corrected chi connectivity index (χ4v) is 3.78. The van der Waals surface area contributed by atoms with E-state index in [-0.39, 0.29) is 0 Å². The zero-order valence-electron chi connectivity index (χ0n) is 6.81. The van der Waals surface area contributed by atoms with Gasteiger partial charge in [-0.15, -0.1) is 0 Å². The van der Waals surface area contributed by atoms with Gasteiger partial charge in [0, 0.05) is 12.3 Å². The van der Waals surface area contributed by atoms with Crippen molar-refractivity contribution in [3.05, 3.63) is 0 Å². The lowest BCUT2D eigenvalue weighted by Crippen LogP contribution is -2.16. The topological polar surface area (TPSA) is 17.1 Å². The first-order valence-corrected chi connectivity index (χ1v) is 4.87. The highest BCUT2D eigenvalue weighted by atomic mass is 16.1. The van der Waals surface area contributed by atoms with Gasteiger partial charge in [0.1, 0.15) is 5.78 Å². The third kappa shape index (κ3) is 0.567. The van der Waals surface area contributed by atoms with Crippen molar-refractivity contribution in [2.75, 3.05) is 0 Å². The summed E-state index contributed by atoms with van der Waals surface area (Å²) < 4.78 is 0. The molecule has 1 spiro atoms. The van der Waals surface area contributed by atoms with Crippen LogP contribution in [0.4, 0.5) is 0 Å². The number of Topliss-reactive ketones (excluding diaryl/α,β-unsaturated/α-hetero) is 1. The van der Waals surface area contributed by atoms with Crippen LogP contribution < -0.4 is 0 Å². The Morgan fingerprint density at radius 3 is 2.91 bits per heavy atom. The minimum Gasteiger partial charge on any atom is -0.299 e. The monoisotopic (exact) mass is 150 g/mol. The van der Waals surface area contributed by atoms with Crippen molar-refractivity contribution in [3.8, 4) is 0 Å². The van der Waals surface area contributed by atoms with Crippen molar-refractivity contribution in [1.82, 2.24) is 0 Å². The Bertz CT molecular complexity index is 221. The minimum absolute atomic E-state index is 0.546. The Balaban J connectivity index is 1.94. The van der Waals surface area contributed by atoms with Gasteiger partial charge in [-0.1, -0.05) is 6.42 Å². The summed E-state index contributed by atoms with van der Waals surface area (Å²) in [5, 5.41) is 0. The van der Waals surface area contributed by atoms with E-state index in [2.05, 4.69) is 0 Å². The van der Waals surface area contributed by atoms with Crippen LogP contribution in [0.3, 0.4) is 0 Å². The van der Waals surface area contributed by atoms with Crippen molar-refractivity contribution in [2.45, 2.75) is 38.5 Å². The summed E-state index contributed by atoms with van der Waals surface area (Å²) in [6, 6.07) is 0. The maximum Gasteiger partial charge on any atom is 0.136 e. The smallest absolute Gasteiger partial charge is 0.136 e. The Hall–Kier alpha value is -0.330. The van der Waals surface area contributed by atoms with E-state index in [9.17, 15) is 4.79 Å². The number of hydrogen-bond acceptors (Lipinski definition) is 1. The Morgan fingerprint density at radius 1 is 1.27 bits per heavy atom. The predicted octanol–water partition coefficient (Wildman–Crippen LogP) is 2.16. The Morgan fingerprint density at radius 2 is 2.09 bits per heavy atom. The first-order valence-electron chi connectivity index (χ1n) is 4.87. The number of carbonyl (C=O) groups excluding carboxylic acids is 1. The molecular weight excluding hydrogens is 136 g/mol. The van der Waals surface area contributed by atoms with Crippen molar-refractivity contribution >= 4 is 5.78 Å². The van der Waals surface area contributed by atoms with Crippen LogP contribution in [0, 0.1) is 17.3 Å². The molecule has 3 fully saturated rings. The predicted molar refractivity (Wildman–Crippen MR) is 42.1 cm³/mol. The second-order valence-corrected chi connectivity index (χ2v) is 4.53.